The molecule has 0 radical (unpaired) electrons. The van der Waals surface area contributed by atoms with Crippen LogP contribution in [0.25, 0.3) is 0 Å². The molecule has 1 aromatic carbocycles. The Balaban J connectivity index is 2.30. The molecule has 0 aliphatic rings. The lowest BCUT2D eigenvalue weighted by atomic mass is 10.2. The number of hydrogen-bond donors (Lipinski definition) is 1. The molecule has 0 fully saturated rings. The largest absolute Gasteiger partial charge is 0.476 e. The van der Waals surface area contributed by atoms with Gasteiger partial charge in [0.1, 0.15) is 5.82 Å². The molecule has 1 heterocycles. The van der Waals surface area contributed by atoms with Crippen LogP contribution in [0.15, 0.2) is 30.3 Å². The Morgan fingerprint density at radius 3 is 2.60 bits per heavy atom. The van der Waals surface area contributed by atoms with Crippen molar-refractivity contribution in [3.63, 3.8) is 0 Å². The topological polar surface area (TPSA) is 90.2 Å². The lowest BCUT2D eigenvalue weighted by Gasteiger charge is -2.09. The summed E-state index contributed by atoms with van der Waals surface area (Å²) in [4.78, 5) is 18.6. The predicted octanol–water partition coefficient (Wildman–Crippen LogP) is 2.31. The van der Waals surface area contributed by atoms with Gasteiger partial charge in [0.2, 0.25) is 5.82 Å². The van der Waals surface area contributed by atoms with Crippen molar-refractivity contribution in [2.75, 3.05) is 12.4 Å². The molecule has 0 aliphatic carbocycles. The van der Waals surface area contributed by atoms with Crippen LogP contribution < -0.4 is 10.1 Å². The number of hydrogen-bond acceptors (Lipinski definition) is 6. The van der Waals surface area contributed by atoms with Crippen molar-refractivity contribution in [2.45, 2.75) is 13.5 Å². The van der Waals surface area contributed by atoms with E-state index in [-0.39, 0.29) is 17.4 Å². The summed E-state index contributed by atoms with van der Waals surface area (Å²) in [6, 6.07) is 9.55. The van der Waals surface area contributed by atoms with Crippen molar-refractivity contribution < 1.29 is 9.66 Å². The Bertz CT molecular complexity index is 617. The molecule has 104 valence electrons. The Hall–Kier alpha value is -2.70. The van der Waals surface area contributed by atoms with Crippen molar-refractivity contribution in [3.8, 4) is 5.88 Å². The Labute approximate surface area is 115 Å². The minimum Gasteiger partial charge on any atom is -0.476 e. The molecule has 0 spiro atoms. The van der Waals surface area contributed by atoms with E-state index >= 15 is 0 Å². The number of nitrogens with one attached hydrogen (secondary N) is 1. The van der Waals surface area contributed by atoms with Crippen LogP contribution in [0.3, 0.4) is 0 Å². The van der Waals surface area contributed by atoms with Crippen molar-refractivity contribution in [3.05, 3.63) is 51.8 Å². The van der Waals surface area contributed by atoms with Gasteiger partial charge in [0, 0.05) is 6.54 Å². The van der Waals surface area contributed by atoms with Gasteiger partial charge in [0.05, 0.1) is 12.0 Å². The first-order chi connectivity index (χ1) is 9.61. The number of nitro groups is 1. The van der Waals surface area contributed by atoms with Gasteiger partial charge in [0.15, 0.2) is 0 Å². The number of ether oxygens (including phenoxy) is 1. The number of anilines is 1. The second-order valence-corrected chi connectivity index (χ2v) is 4.07. The molecule has 0 unspecified atom stereocenters. The highest BCUT2D eigenvalue weighted by Gasteiger charge is 2.24. The zero-order chi connectivity index (χ0) is 14.5. The van der Waals surface area contributed by atoms with Gasteiger partial charge in [-0.15, -0.1) is 0 Å². The van der Waals surface area contributed by atoms with Crippen LogP contribution in [0.5, 0.6) is 5.88 Å². The second-order valence-electron chi connectivity index (χ2n) is 4.07. The van der Waals surface area contributed by atoms with Crippen LogP contribution in [-0.2, 0) is 6.54 Å². The van der Waals surface area contributed by atoms with Gasteiger partial charge in [-0.25, -0.2) is 4.98 Å². The normalized spacial score (nSPS) is 10.1. The molecule has 0 saturated heterocycles. The summed E-state index contributed by atoms with van der Waals surface area (Å²) in [6.45, 7) is 2.08. The minimum atomic E-state index is -0.550. The van der Waals surface area contributed by atoms with Gasteiger partial charge >= 0.3 is 5.69 Å². The molecule has 7 heteroatoms. The lowest BCUT2D eigenvalue weighted by Crippen LogP contribution is -2.08. The quantitative estimate of drug-likeness (QED) is 0.664. The number of benzene rings is 1. The van der Waals surface area contributed by atoms with E-state index in [0.717, 1.165) is 5.56 Å². The number of nitrogens with zero attached hydrogens (tertiary/aromatic N) is 3. The van der Waals surface area contributed by atoms with Crippen molar-refractivity contribution >= 4 is 11.5 Å². The maximum absolute atomic E-state index is 11.1. The highest BCUT2D eigenvalue weighted by molar-refractivity contribution is 5.61. The molecule has 1 N–H and O–H groups in total. The van der Waals surface area contributed by atoms with Crippen molar-refractivity contribution in [1.29, 1.82) is 0 Å². The molecule has 7 nitrogen and oxygen atoms in total. The molecular weight excluding hydrogens is 260 g/mol. The zero-order valence-corrected chi connectivity index (χ0v) is 11.2. The van der Waals surface area contributed by atoms with Crippen LogP contribution in [0, 0.1) is 17.0 Å². The van der Waals surface area contributed by atoms with E-state index < -0.39 is 4.92 Å². The van der Waals surface area contributed by atoms with Crippen molar-refractivity contribution in [1.82, 2.24) is 9.97 Å². The monoisotopic (exact) mass is 274 g/mol. The third-order valence-corrected chi connectivity index (χ3v) is 2.64. The first kappa shape index (κ1) is 13.7. The molecule has 0 amide bonds. The maximum atomic E-state index is 11.1. The summed E-state index contributed by atoms with van der Waals surface area (Å²) in [7, 11) is 1.34. The van der Waals surface area contributed by atoms with Crippen LogP contribution in [-0.4, -0.2) is 22.0 Å². The molecule has 0 atom stereocenters. The Morgan fingerprint density at radius 2 is 2.00 bits per heavy atom. The number of rotatable bonds is 5. The standard InChI is InChI=1S/C13H14N4O3/c1-9-15-12(11(17(18)19)13(16-9)20-2)14-8-10-6-4-3-5-7-10/h3-7H,8H2,1-2H3,(H,14,15,16). The van der Waals surface area contributed by atoms with Gasteiger partial charge in [-0.2, -0.15) is 4.98 Å². The van der Waals surface area contributed by atoms with E-state index in [1.54, 1.807) is 6.92 Å². The zero-order valence-electron chi connectivity index (χ0n) is 11.2. The summed E-state index contributed by atoms with van der Waals surface area (Å²) in [5.74, 6) is 0.518. The smallest absolute Gasteiger partial charge is 0.372 e. The van der Waals surface area contributed by atoms with Crippen LogP contribution >= 0.6 is 0 Å². The number of methoxy groups -OCH3 is 1. The van der Waals surface area contributed by atoms with Gasteiger partial charge in [0.25, 0.3) is 5.88 Å². The molecule has 1 aromatic heterocycles. The SMILES string of the molecule is COc1nc(C)nc(NCc2ccccc2)c1[N+](=O)[O-]. The average molecular weight is 274 g/mol. The van der Waals surface area contributed by atoms with E-state index in [2.05, 4.69) is 15.3 Å². The van der Waals surface area contributed by atoms with Gasteiger partial charge < -0.3 is 10.1 Å². The Kier molecular flexibility index (Phi) is 4.09. The van der Waals surface area contributed by atoms with Crippen molar-refractivity contribution in [2.24, 2.45) is 0 Å². The van der Waals surface area contributed by atoms with Crippen LogP contribution in [0.4, 0.5) is 11.5 Å². The summed E-state index contributed by atoms with van der Waals surface area (Å²) < 4.78 is 4.95. The van der Waals surface area contributed by atoms with Crippen LogP contribution in [0.2, 0.25) is 0 Å². The first-order valence-electron chi connectivity index (χ1n) is 5.96. The second kappa shape index (κ2) is 5.96. The van der Waals surface area contributed by atoms with Gasteiger partial charge in [-0.3, -0.25) is 10.1 Å². The summed E-state index contributed by atoms with van der Waals surface area (Å²) in [6.07, 6.45) is 0. The fourth-order valence-electron chi connectivity index (χ4n) is 1.75. The molecule has 0 saturated carbocycles. The van der Waals surface area contributed by atoms with Gasteiger partial charge in [-0.1, -0.05) is 30.3 Å². The van der Waals surface area contributed by atoms with E-state index in [1.165, 1.54) is 7.11 Å². The minimum absolute atomic E-state index is 0.0435. The summed E-state index contributed by atoms with van der Waals surface area (Å²) in [5.41, 5.74) is 0.742. The van der Waals surface area contributed by atoms with E-state index in [9.17, 15) is 10.1 Å². The Morgan fingerprint density at radius 1 is 1.30 bits per heavy atom. The summed E-state index contributed by atoms with van der Waals surface area (Å²) in [5, 5.41) is 14.1. The van der Waals surface area contributed by atoms with Gasteiger partial charge in [-0.05, 0) is 12.5 Å². The highest BCUT2D eigenvalue weighted by atomic mass is 16.6. The fourth-order valence-corrected chi connectivity index (χ4v) is 1.75. The molecule has 0 bridgehead atoms. The molecule has 0 aliphatic heterocycles. The van der Waals surface area contributed by atoms with E-state index in [0.29, 0.717) is 12.4 Å². The number of aryl methyl sites for hydroxylation is 1. The number of aromatic nitrogens is 2. The third kappa shape index (κ3) is 3.00. The molecular formula is C13H14N4O3. The molecule has 2 rings (SSSR count). The third-order valence-electron chi connectivity index (χ3n) is 2.64. The average Bonchev–Trinajstić information content (AvgIpc) is 2.45. The first-order valence-corrected chi connectivity index (χ1v) is 5.96. The molecule has 2 aromatic rings. The van der Waals surface area contributed by atoms with E-state index in [1.807, 2.05) is 30.3 Å². The van der Waals surface area contributed by atoms with Crippen LogP contribution in [0.1, 0.15) is 11.4 Å². The fraction of sp³-hybridized carbons (Fsp3) is 0.231. The predicted molar refractivity (Wildman–Crippen MR) is 73.7 cm³/mol. The molecule has 20 heavy (non-hydrogen) atoms. The lowest BCUT2D eigenvalue weighted by molar-refractivity contribution is -0.385. The summed E-state index contributed by atoms with van der Waals surface area (Å²) >= 11 is 0. The maximum Gasteiger partial charge on any atom is 0.372 e. The highest BCUT2D eigenvalue weighted by Crippen LogP contribution is 2.31. The van der Waals surface area contributed by atoms with E-state index in [4.69, 9.17) is 4.74 Å².